The van der Waals surface area contributed by atoms with Crippen molar-refractivity contribution in [3.05, 3.63) is 69.9 Å². The van der Waals surface area contributed by atoms with Crippen LogP contribution < -0.4 is 0 Å². The fourth-order valence-corrected chi connectivity index (χ4v) is 5.86. The Morgan fingerprint density at radius 3 is 2.82 bits per heavy atom. The van der Waals surface area contributed by atoms with Crippen LogP contribution in [-0.4, -0.2) is 33.4 Å². The zero-order valence-corrected chi connectivity index (χ0v) is 20.6. The lowest BCUT2D eigenvalue weighted by molar-refractivity contribution is 0.0491. The van der Waals surface area contributed by atoms with Crippen LogP contribution in [-0.2, 0) is 6.42 Å². The number of fused-ring (bicyclic) bond motifs is 1. The van der Waals surface area contributed by atoms with Gasteiger partial charge < -0.3 is 9.32 Å². The molecule has 34 heavy (non-hydrogen) atoms. The van der Waals surface area contributed by atoms with Gasteiger partial charge in [-0.25, -0.2) is 14.4 Å². The lowest BCUT2D eigenvalue weighted by Gasteiger charge is -2.40. The van der Waals surface area contributed by atoms with Gasteiger partial charge in [-0.05, 0) is 68.0 Å². The van der Waals surface area contributed by atoms with Gasteiger partial charge in [0.15, 0.2) is 11.5 Å². The number of aromatic nitrogens is 2. The summed E-state index contributed by atoms with van der Waals surface area (Å²) in [5, 5.41) is 1.44. The van der Waals surface area contributed by atoms with Crippen molar-refractivity contribution in [3.63, 3.8) is 0 Å². The second kappa shape index (κ2) is 9.47. The number of rotatable bonds is 5. The minimum atomic E-state index is -0.302. The van der Waals surface area contributed by atoms with Crippen molar-refractivity contribution in [2.45, 2.75) is 45.6 Å². The van der Waals surface area contributed by atoms with E-state index in [1.165, 1.54) is 23.5 Å². The number of carbonyl (C=O) groups is 1. The summed E-state index contributed by atoms with van der Waals surface area (Å²) < 4.78 is 19.4. The molecule has 4 aromatic rings. The number of amides is 1. The molecule has 176 valence electrons. The van der Waals surface area contributed by atoms with Crippen molar-refractivity contribution in [2.24, 2.45) is 5.92 Å². The van der Waals surface area contributed by atoms with E-state index >= 15 is 0 Å². The van der Waals surface area contributed by atoms with Crippen LogP contribution in [0.5, 0.6) is 0 Å². The van der Waals surface area contributed by atoms with E-state index in [1.54, 1.807) is 24.3 Å². The molecule has 5 nitrogen and oxygen atoms in total. The number of likely N-dealkylation sites (tertiary alicyclic amines) is 1. The molecule has 2 aromatic carbocycles. The number of hydrogen-bond acceptors (Lipinski definition) is 5. The second-order valence-corrected chi connectivity index (χ2v) is 10.5. The topological polar surface area (TPSA) is 59.2 Å². The first-order valence-electron chi connectivity index (χ1n) is 11.5. The van der Waals surface area contributed by atoms with Crippen LogP contribution in [0.1, 0.15) is 47.6 Å². The highest BCUT2D eigenvalue weighted by Crippen LogP contribution is 2.34. The second-order valence-electron chi connectivity index (χ2n) is 8.86. The number of benzene rings is 2. The Morgan fingerprint density at radius 2 is 2.03 bits per heavy atom. The molecule has 5 rings (SSSR count). The molecule has 1 amide bonds. The van der Waals surface area contributed by atoms with E-state index in [4.69, 9.17) is 16.0 Å². The summed E-state index contributed by atoms with van der Waals surface area (Å²) in [6.45, 7) is 4.78. The summed E-state index contributed by atoms with van der Waals surface area (Å²) in [6.07, 6.45) is 3.41. The maximum Gasteiger partial charge on any atom is 0.274 e. The number of piperidine rings is 1. The monoisotopic (exact) mass is 497 g/mol. The molecule has 0 spiro atoms. The number of carbonyl (C=O) groups excluding carboxylic acids is 1. The first kappa shape index (κ1) is 23.0. The predicted molar refractivity (Wildman–Crippen MR) is 133 cm³/mol. The van der Waals surface area contributed by atoms with E-state index < -0.39 is 0 Å². The van der Waals surface area contributed by atoms with E-state index in [-0.39, 0.29) is 17.8 Å². The molecule has 1 aliphatic heterocycles. The van der Waals surface area contributed by atoms with Gasteiger partial charge in [-0.1, -0.05) is 30.7 Å². The maximum atomic E-state index is 13.8. The van der Waals surface area contributed by atoms with Crippen LogP contribution in [0.2, 0.25) is 5.02 Å². The molecule has 0 saturated carbocycles. The highest BCUT2D eigenvalue weighted by Gasteiger charge is 2.34. The molecule has 0 unspecified atom stereocenters. The van der Waals surface area contributed by atoms with Gasteiger partial charge in [-0.15, -0.1) is 11.3 Å². The van der Waals surface area contributed by atoms with Crippen LogP contribution in [0.3, 0.4) is 0 Å². The largest absolute Gasteiger partial charge is 0.441 e. The Morgan fingerprint density at radius 1 is 1.24 bits per heavy atom. The maximum absolute atomic E-state index is 13.8. The molecule has 8 heteroatoms. The Labute approximate surface area is 206 Å². The average molecular weight is 498 g/mol. The molecule has 0 radical (unpaired) electrons. The molecule has 2 atom stereocenters. The van der Waals surface area contributed by atoms with E-state index in [0.29, 0.717) is 41.1 Å². The van der Waals surface area contributed by atoms with Crippen molar-refractivity contribution in [2.75, 3.05) is 6.54 Å². The molecule has 1 saturated heterocycles. The number of halogens is 2. The van der Waals surface area contributed by atoms with E-state index in [2.05, 4.69) is 16.9 Å². The highest BCUT2D eigenvalue weighted by atomic mass is 35.5. The smallest absolute Gasteiger partial charge is 0.274 e. The van der Waals surface area contributed by atoms with Crippen LogP contribution in [0, 0.1) is 18.7 Å². The van der Waals surface area contributed by atoms with Gasteiger partial charge in [-0.3, -0.25) is 4.79 Å². The quantitative estimate of drug-likeness (QED) is 0.300. The van der Waals surface area contributed by atoms with Crippen molar-refractivity contribution in [1.29, 1.82) is 0 Å². The number of aryl methyl sites for hydroxylation is 2. The molecule has 1 aliphatic rings. The third-order valence-electron chi connectivity index (χ3n) is 6.47. The molecular formula is C26H25ClFN3O2S. The van der Waals surface area contributed by atoms with Gasteiger partial charge in [0.25, 0.3) is 5.91 Å². The standard InChI is InChI=1S/C26H25ClFN3O2S/c1-15-4-3-13-31(21(15)10-12-23-30-20-14-18(27)7-11-22(20)33-23)26(32)24-25(34-16(2)29-24)17-5-8-19(28)9-6-17/h5-9,11,14-15,21H,3-4,10,12-13H2,1-2H3/t15-,21-/m1/s1. The van der Waals surface area contributed by atoms with E-state index in [9.17, 15) is 9.18 Å². The Bertz CT molecular complexity index is 1330. The zero-order chi connectivity index (χ0) is 23.8. The number of hydrogen-bond donors (Lipinski definition) is 0. The average Bonchev–Trinajstić information content (AvgIpc) is 3.40. The van der Waals surface area contributed by atoms with Crippen molar-refractivity contribution in [3.8, 4) is 10.4 Å². The summed E-state index contributed by atoms with van der Waals surface area (Å²) in [5.74, 6) is 0.637. The van der Waals surface area contributed by atoms with Crippen molar-refractivity contribution >= 4 is 39.9 Å². The van der Waals surface area contributed by atoms with Crippen molar-refractivity contribution in [1.82, 2.24) is 14.9 Å². The first-order valence-corrected chi connectivity index (χ1v) is 12.7. The SMILES string of the molecule is Cc1nc(C(=O)N2CCC[C@@H](C)[C@H]2CCc2nc3cc(Cl)ccc3o2)c(-c2ccc(F)cc2)s1. The lowest BCUT2D eigenvalue weighted by atomic mass is 9.87. The molecule has 0 aliphatic carbocycles. The fourth-order valence-electron chi connectivity index (χ4n) is 4.77. The highest BCUT2D eigenvalue weighted by molar-refractivity contribution is 7.15. The molecular weight excluding hydrogens is 473 g/mol. The van der Waals surface area contributed by atoms with Gasteiger partial charge >= 0.3 is 0 Å². The lowest BCUT2D eigenvalue weighted by Crippen LogP contribution is -2.48. The van der Waals surface area contributed by atoms with Crippen LogP contribution in [0.15, 0.2) is 46.9 Å². The summed E-state index contributed by atoms with van der Waals surface area (Å²) in [5.41, 5.74) is 2.71. The molecule has 0 N–H and O–H groups in total. The van der Waals surface area contributed by atoms with Crippen LogP contribution >= 0.6 is 22.9 Å². The fraction of sp³-hybridized carbons (Fsp3) is 0.346. The van der Waals surface area contributed by atoms with Gasteiger partial charge in [-0.2, -0.15) is 0 Å². The molecule has 3 heterocycles. The van der Waals surface area contributed by atoms with Gasteiger partial charge in [0.1, 0.15) is 17.0 Å². The summed E-state index contributed by atoms with van der Waals surface area (Å²) >= 11 is 7.54. The minimum Gasteiger partial charge on any atom is -0.441 e. The number of oxazole rings is 1. The molecule has 1 fully saturated rings. The zero-order valence-electron chi connectivity index (χ0n) is 19.1. The summed E-state index contributed by atoms with van der Waals surface area (Å²) in [7, 11) is 0. The Hall–Kier alpha value is -2.77. The number of nitrogens with zero attached hydrogens (tertiary/aromatic N) is 3. The van der Waals surface area contributed by atoms with Gasteiger partial charge in [0, 0.05) is 24.0 Å². The normalized spacial score (nSPS) is 18.5. The summed E-state index contributed by atoms with van der Waals surface area (Å²) in [4.78, 5) is 25.7. The number of thiazole rings is 1. The Balaban J connectivity index is 1.39. The minimum absolute atomic E-state index is 0.0583. The van der Waals surface area contributed by atoms with Gasteiger partial charge in [0.05, 0.1) is 9.88 Å². The van der Waals surface area contributed by atoms with E-state index in [0.717, 1.165) is 40.2 Å². The third kappa shape index (κ3) is 4.59. The Kier molecular flexibility index (Phi) is 6.40. The third-order valence-corrected chi connectivity index (χ3v) is 7.72. The van der Waals surface area contributed by atoms with Crippen molar-refractivity contribution < 1.29 is 13.6 Å². The van der Waals surface area contributed by atoms with E-state index in [1.807, 2.05) is 17.9 Å². The predicted octanol–water partition coefficient (Wildman–Crippen LogP) is 6.93. The molecule has 0 bridgehead atoms. The van der Waals surface area contributed by atoms with Gasteiger partial charge in [0.2, 0.25) is 0 Å². The van der Waals surface area contributed by atoms with Crippen LogP contribution in [0.4, 0.5) is 4.39 Å². The molecule has 2 aromatic heterocycles. The van der Waals surface area contributed by atoms with Crippen LogP contribution in [0.25, 0.3) is 21.5 Å². The summed E-state index contributed by atoms with van der Waals surface area (Å²) in [6, 6.07) is 11.7. The first-order chi connectivity index (χ1) is 16.4.